The van der Waals surface area contributed by atoms with E-state index in [0.717, 1.165) is 25.7 Å². The highest BCUT2D eigenvalue weighted by molar-refractivity contribution is 6.30. The van der Waals surface area contributed by atoms with Gasteiger partial charge in [0.2, 0.25) is 0 Å². The fourth-order valence-electron chi connectivity index (χ4n) is 2.23. The summed E-state index contributed by atoms with van der Waals surface area (Å²) in [6, 6.07) is 1.24. The maximum Gasteiger partial charge on any atom is 0.166 e. The lowest BCUT2D eigenvalue weighted by Crippen LogP contribution is -2.25. The molecule has 1 aliphatic carbocycles. The quantitative estimate of drug-likeness (QED) is 0.876. The van der Waals surface area contributed by atoms with Gasteiger partial charge in [0.1, 0.15) is 0 Å². The zero-order chi connectivity index (χ0) is 12.3. The van der Waals surface area contributed by atoms with Crippen LogP contribution < -0.4 is 5.32 Å². The van der Waals surface area contributed by atoms with Crippen LogP contribution in [-0.4, -0.2) is 22.7 Å². The number of nitrogens with one attached hydrogen (secondary N) is 1. The van der Waals surface area contributed by atoms with Gasteiger partial charge >= 0.3 is 0 Å². The van der Waals surface area contributed by atoms with Crippen molar-refractivity contribution in [2.75, 3.05) is 11.9 Å². The third-order valence-electron chi connectivity index (χ3n) is 3.12. The van der Waals surface area contributed by atoms with Crippen LogP contribution in [0.4, 0.5) is 10.2 Å². The summed E-state index contributed by atoms with van der Waals surface area (Å²) in [5.74, 6) is 0.180. The number of anilines is 1. The van der Waals surface area contributed by atoms with E-state index in [0.29, 0.717) is 17.5 Å². The summed E-state index contributed by atoms with van der Waals surface area (Å²) in [4.78, 5) is 3.90. The maximum absolute atomic E-state index is 13.4. The molecule has 1 fully saturated rings. The van der Waals surface area contributed by atoms with Crippen molar-refractivity contribution >= 4 is 17.4 Å². The molecule has 0 aromatic carbocycles. The number of hydrogen-bond acceptors (Lipinski definition) is 3. The Morgan fingerprint density at radius 3 is 3.06 bits per heavy atom. The lowest BCUT2D eigenvalue weighted by atomic mass is 9.87. The lowest BCUT2D eigenvalue weighted by Gasteiger charge is -2.26. The van der Waals surface area contributed by atoms with Crippen LogP contribution in [0.3, 0.4) is 0 Å². The number of hydrogen-bond donors (Lipinski definition) is 2. The molecule has 1 aromatic heterocycles. The average Bonchev–Trinajstić information content (AvgIpc) is 2.28. The zero-order valence-corrected chi connectivity index (χ0v) is 10.3. The van der Waals surface area contributed by atoms with Gasteiger partial charge in [-0.05, 0) is 31.2 Å². The lowest BCUT2D eigenvalue weighted by molar-refractivity contribution is 0.104. The Kier molecular flexibility index (Phi) is 4.18. The molecule has 0 radical (unpaired) electrons. The highest BCUT2D eigenvalue weighted by Gasteiger charge is 2.20. The molecule has 2 unspecified atom stereocenters. The standard InChI is InChI=1S/C12H16ClFN2O/c13-9-5-11(14)12(16-7-9)15-6-8-2-1-3-10(17)4-8/h5,7-8,10,17H,1-4,6H2,(H,15,16). The first kappa shape index (κ1) is 12.6. The molecule has 1 saturated carbocycles. The second-order valence-electron chi connectivity index (χ2n) is 4.55. The summed E-state index contributed by atoms with van der Waals surface area (Å²) in [5, 5.41) is 12.8. The second-order valence-corrected chi connectivity index (χ2v) is 4.99. The third kappa shape index (κ3) is 3.54. The maximum atomic E-state index is 13.4. The third-order valence-corrected chi connectivity index (χ3v) is 3.33. The van der Waals surface area contributed by atoms with Crippen LogP contribution in [0.5, 0.6) is 0 Å². The predicted octanol–water partition coefficient (Wildman–Crippen LogP) is 2.84. The Hall–Kier alpha value is -0.870. The Labute approximate surface area is 105 Å². The van der Waals surface area contributed by atoms with E-state index in [1.165, 1.54) is 12.3 Å². The van der Waals surface area contributed by atoms with Crippen molar-refractivity contribution in [2.24, 2.45) is 5.92 Å². The van der Waals surface area contributed by atoms with E-state index in [4.69, 9.17) is 11.6 Å². The molecule has 1 aliphatic rings. The van der Waals surface area contributed by atoms with Gasteiger partial charge in [-0.1, -0.05) is 18.0 Å². The van der Waals surface area contributed by atoms with Crippen LogP contribution in [0.15, 0.2) is 12.3 Å². The van der Waals surface area contributed by atoms with Crippen molar-refractivity contribution in [3.8, 4) is 0 Å². The van der Waals surface area contributed by atoms with E-state index in [9.17, 15) is 9.50 Å². The number of rotatable bonds is 3. The molecule has 2 rings (SSSR count). The Bertz CT molecular complexity index is 389. The van der Waals surface area contributed by atoms with Crippen LogP contribution in [0.1, 0.15) is 25.7 Å². The molecule has 1 aromatic rings. The van der Waals surface area contributed by atoms with Gasteiger partial charge < -0.3 is 10.4 Å². The van der Waals surface area contributed by atoms with Crippen molar-refractivity contribution in [3.05, 3.63) is 23.1 Å². The van der Waals surface area contributed by atoms with Gasteiger partial charge in [0, 0.05) is 12.7 Å². The summed E-state index contributed by atoms with van der Waals surface area (Å²) >= 11 is 5.62. The van der Waals surface area contributed by atoms with E-state index in [2.05, 4.69) is 10.3 Å². The van der Waals surface area contributed by atoms with E-state index in [-0.39, 0.29) is 11.9 Å². The summed E-state index contributed by atoms with van der Waals surface area (Å²) in [7, 11) is 0. The van der Waals surface area contributed by atoms with Crippen molar-refractivity contribution in [1.29, 1.82) is 0 Å². The highest BCUT2D eigenvalue weighted by atomic mass is 35.5. The molecule has 5 heteroatoms. The van der Waals surface area contributed by atoms with Gasteiger partial charge in [-0.25, -0.2) is 9.37 Å². The van der Waals surface area contributed by atoms with E-state index < -0.39 is 5.82 Å². The normalized spacial score (nSPS) is 24.6. The molecule has 0 saturated heterocycles. The highest BCUT2D eigenvalue weighted by Crippen LogP contribution is 2.25. The van der Waals surface area contributed by atoms with Crippen LogP contribution >= 0.6 is 11.6 Å². The fourth-order valence-corrected chi connectivity index (χ4v) is 2.38. The Morgan fingerprint density at radius 1 is 1.53 bits per heavy atom. The average molecular weight is 259 g/mol. The number of aliphatic hydroxyl groups is 1. The molecule has 0 spiro atoms. The Balaban J connectivity index is 1.88. The molecule has 94 valence electrons. The number of halogens is 2. The van der Waals surface area contributed by atoms with E-state index >= 15 is 0 Å². The summed E-state index contributed by atoms with van der Waals surface area (Å²) in [6.45, 7) is 0.641. The van der Waals surface area contributed by atoms with Gasteiger partial charge in [0.25, 0.3) is 0 Å². The first-order valence-corrected chi connectivity index (χ1v) is 6.26. The molecule has 17 heavy (non-hydrogen) atoms. The van der Waals surface area contributed by atoms with Crippen molar-refractivity contribution in [1.82, 2.24) is 4.98 Å². The molecule has 3 nitrogen and oxygen atoms in total. The van der Waals surface area contributed by atoms with Crippen molar-refractivity contribution < 1.29 is 9.50 Å². The van der Waals surface area contributed by atoms with Gasteiger partial charge in [0.15, 0.2) is 11.6 Å². The van der Waals surface area contributed by atoms with Crippen LogP contribution in [-0.2, 0) is 0 Å². The van der Waals surface area contributed by atoms with Gasteiger partial charge in [-0.3, -0.25) is 0 Å². The van der Waals surface area contributed by atoms with Crippen LogP contribution in [0.2, 0.25) is 5.02 Å². The fraction of sp³-hybridized carbons (Fsp3) is 0.583. The molecule has 0 amide bonds. The first-order valence-electron chi connectivity index (χ1n) is 5.88. The van der Waals surface area contributed by atoms with Gasteiger partial charge in [-0.15, -0.1) is 0 Å². The molecular weight excluding hydrogens is 243 g/mol. The minimum atomic E-state index is -0.436. The smallest absolute Gasteiger partial charge is 0.166 e. The molecule has 1 heterocycles. The molecule has 2 N–H and O–H groups in total. The first-order chi connectivity index (χ1) is 8.15. The molecule has 0 bridgehead atoms. The number of aliphatic hydroxyl groups excluding tert-OH is 1. The summed E-state index contributed by atoms with van der Waals surface area (Å²) < 4.78 is 13.4. The second kappa shape index (κ2) is 5.65. The predicted molar refractivity (Wildman–Crippen MR) is 65.7 cm³/mol. The van der Waals surface area contributed by atoms with Gasteiger partial charge in [0.05, 0.1) is 11.1 Å². The Morgan fingerprint density at radius 2 is 2.35 bits per heavy atom. The number of aromatic nitrogens is 1. The number of pyridine rings is 1. The number of nitrogens with zero attached hydrogens (tertiary/aromatic N) is 1. The SMILES string of the molecule is OC1CCCC(CNc2ncc(Cl)cc2F)C1. The van der Waals surface area contributed by atoms with Crippen molar-refractivity contribution in [3.63, 3.8) is 0 Å². The van der Waals surface area contributed by atoms with Crippen LogP contribution in [0, 0.1) is 11.7 Å². The van der Waals surface area contributed by atoms with E-state index in [1.54, 1.807) is 0 Å². The monoisotopic (exact) mass is 258 g/mol. The van der Waals surface area contributed by atoms with E-state index in [1.807, 2.05) is 0 Å². The van der Waals surface area contributed by atoms with Crippen molar-refractivity contribution in [2.45, 2.75) is 31.8 Å². The largest absolute Gasteiger partial charge is 0.393 e. The van der Waals surface area contributed by atoms with Crippen LogP contribution in [0.25, 0.3) is 0 Å². The summed E-state index contributed by atoms with van der Waals surface area (Å²) in [6.07, 6.45) is 4.97. The van der Waals surface area contributed by atoms with Gasteiger partial charge in [-0.2, -0.15) is 0 Å². The minimum absolute atomic E-state index is 0.210. The minimum Gasteiger partial charge on any atom is -0.393 e. The molecule has 0 aliphatic heterocycles. The zero-order valence-electron chi connectivity index (χ0n) is 9.50. The summed E-state index contributed by atoms with van der Waals surface area (Å²) in [5.41, 5.74) is 0. The molecular formula is C12H16ClFN2O. The molecule has 2 atom stereocenters. The topological polar surface area (TPSA) is 45.1 Å².